The molecule has 0 amide bonds. The SMILES string of the molecule is Cc1ncsc1CN1CCOC(c2cccc(F)c2)C1. The summed E-state index contributed by atoms with van der Waals surface area (Å²) in [6.45, 7) is 5.31. The van der Waals surface area contributed by atoms with Gasteiger partial charge in [-0.1, -0.05) is 12.1 Å². The highest BCUT2D eigenvalue weighted by Gasteiger charge is 2.23. The fourth-order valence-corrected chi connectivity index (χ4v) is 3.25. The number of hydrogen-bond donors (Lipinski definition) is 0. The Hall–Kier alpha value is -1.30. The quantitative estimate of drug-likeness (QED) is 0.869. The van der Waals surface area contributed by atoms with Crippen molar-refractivity contribution >= 4 is 11.3 Å². The lowest BCUT2D eigenvalue weighted by Gasteiger charge is -2.33. The third kappa shape index (κ3) is 3.06. The molecule has 2 heterocycles. The second-order valence-corrected chi connectivity index (χ2v) is 5.95. The molecule has 1 aliphatic heterocycles. The largest absolute Gasteiger partial charge is 0.371 e. The van der Waals surface area contributed by atoms with E-state index in [0.29, 0.717) is 6.61 Å². The van der Waals surface area contributed by atoms with E-state index in [2.05, 4.69) is 9.88 Å². The molecule has 2 aromatic rings. The van der Waals surface area contributed by atoms with Gasteiger partial charge >= 0.3 is 0 Å². The Morgan fingerprint density at radius 2 is 2.40 bits per heavy atom. The van der Waals surface area contributed by atoms with Gasteiger partial charge in [0.1, 0.15) is 5.82 Å². The zero-order chi connectivity index (χ0) is 13.9. The Kier molecular flexibility index (Phi) is 4.10. The van der Waals surface area contributed by atoms with Crippen LogP contribution in [0.5, 0.6) is 0 Å². The van der Waals surface area contributed by atoms with E-state index in [1.54, 1.807) is 23.5 Å². The number of thiazole rings is 1. The lowest BCUT2D eigenvalue weighted by atomic mass is 10.1. The van der Waals surface area contributed by atoms with Crippen LogP contribution in [0.4, 0.5) is 4.39 Å². The molecule has 0 bridgehead atoms. The molecule has 1 saturated heterocycles. The molecule has 1 fully saturated rings. The van der Waals surface area contributed by atoms with Gasteiger partial charge in [0.25, 0.3) is 0 Å². The molecule has 0 saturated carbocycles. The monoisotopic (exact) mass is 292 g/mol. The first-order valence-electron chi connectivity index (χ1n) is 6.71. The maximum absolute atomic E-state index is 13.3. The van der Waals surface area contributed by atoms with Gasteiger partial charge in [0.15, 0.2) is 0 Å². The molecule has 1 atom stereocenters. The summed E-state index contributed by atoms with van der Waals surface area (Å²) in [4.78, 5) is 7.92. The first kappa shape index (κ1) is 13.7. The molecular weight excluding hydrogens is 275 g/mol. The molecule has 3 rings (SSSR count). The van der Waals surface area contributed by atoms with E-state index in [1.807, 2.05) is 18.5 Å². The highest BCUT2D eigenvalue weighted by Crippen LogP contribution is 2.25. The van der Waals surface area contributed by atoms with Crippen LogP contribution >= 0.6 is 11.3 Å². The number of aryl methyl sites for hydroxylation is 1. The van der Waals surface area contributed by atoms with Gasteiger partial charge < -0.3 is 4.74 Å². The van der Waals surface area contributed by atoms with Crippen molar-refractivity contribution in [3.8, 4) is 0 Å². The highest BCUT2D eigenvalue weighted by molar-refractivity contribution is 7.09. The fraction of sp³-hybridized carbons (Fsp3) is 0.400. The van der Waals surface area contributed by atoms with Crippen LogP contribution in [0.2, 0.25) is 0 Å². The summed E-state index contributed by atoms with van der Waals surface area (Å²) in [5.41, 5.74) is 3.90. The van der Waals surface area contributed by atoms with Crippen LogP contribution in [0.1, 0.15) is 22.2 Å². The van der Waals surface area contributed by atoms with Crippen molar-refractivity contribution in [1.29, 1.82) is 0 Å². The van der Waals surface area contributed by atoms with Gasteiger partial charge in [-0.05, 0) is 24.6 Å². The summed E-state index contributed by atoms with van der Waals surface area (Å²) < 4.78 is 19.1. The van der Waals surface area contributed by atoms with Crippen LogP contribution < -0.4 is 0 Å². The average molecular weight is 292 g/mol. The molecule has 1 aromatic heterocycles. The first-order chi connectivity index (χ1) is 9.72. The van der Waals surface area contributed by atoms with Gasteiger partial charge in [-0.2, -0.15) is 0 Å². The summed E-state index contributed by atoms with van der Waals surface area (Å²) >= 11 is 1.69. The van der Waals surface area contributed by atoms with E-state index in [-0.39, 0.29) is 11.9 Å². The highest BCUT2D eigenvalue weighted by atomic mass is 32.1. The minimum Gasteiger partial charge on any atom is -0.371 e. The van der Waals surface area contributed by atoms with E-state index in [9.17, 15) is 4.39 Å². The molecule has 1 aromatic carbocycles. The zero-order valence-electron chi connectivity index (χ0n) is 11.4. The zero-order valence-corrected chi connectivity index (χ0v) is 12.2. The third-order valence-electron chi connectivity index (χ3n) is 3.58. The van der Waals surface area contributed by atoms with Crippen molar-refractivity contribution < 1.29 is 9.13 Å². The standard InChI is InChI=1S/C15H17FN2OS/c1-11-15(20-10-17-11)9-18-5-6-19-14(8-18)12-3-2-4-13(16)7-12/h2-4,7,10,14H,5-6,8-9H2,1H3. The minimum absolute atomic E-state index is 0.0484. The maximum Gasteiger partial charge on any atom is 0.123 e. The van der Waals surface area contributed by atoms with Crippen LogP contribution in [-0.2, 0) is 11.3 Å². The van der Waals surface area contributed by atoms with Crippen molar-refractivity contribution in [2.45, 2.75) is 19.6 Å². The number of morpholine rings is 1. The number of halogens is 1. The Bertz CT molecular complexity index is 587. The van der Waals surface area contributed by atoms with Crippen molar-refractivity contribution in [1.82, 2.24) is 9.88 Å². The third-order valence-corrected chi connectivity index (χ3v) is 4.50. The second kappa shape index (κ2) is 5.99. The summed E-state index contributed by atoms with van der Waals surface area (Å²) in [5.74, 6) is -0.207. The van der Waals surface area contributed by atoms with Crippen molar-refractivity contribution in [3.63, 3.8) is 0 Å². The van der Waals surface area contributed by atoms with E-state index in [4.69, 9.17) is 4.74 Å². The summed E-state index contributed by atoms with van der Waals surface area (Å²) in [5, 5.41) is 0. The van der Waals surface area contributed by atoms with Gasteiger partial charge in [0, 0.05) is 24.5 Å². The summed E-state index contributed by atoms with van der Waals surface area (Å²) in [6.07, 6.45) is -0.0484. The van der Waals surface area contributed by atoms with E-state index in [1.165, 1.54) is 10.9 Å². The number of hydrogen-bond acceptors (Lipinski definition) is 4. The molecule has 106 valence electrons. The van der Waals surface area contributed by atoms with Gasteiger partial charge in [0.05, 0.1) is 23.9 Å². The van der Waals surface area contributed by atoms with Gasteiger partial charge in [-0.15, -0.1) is 11.3 Å². The van der Waals surface area contributed by atoms with Crippen LogP contribution in [0, 0.1) is 12.7 Å². The molecule has 20 heavy (non-hydrogen) atoms. The van der Waals surface area contributed by atoms with Crippen LogP contribution in [0.3, 0.4) is 0 Å². The molecule has 3 nitrogen and oxygen atoms in total. The molecule has 0 aliphatic carbocycles. The topological polar surface area (TPSA) is 25.4 Å². The number of rotatable bonds is 3. The Balaban J connectivity index is 1.69. The van der Waals surface area contributed by atoms with Crippen molar-refractivity contribution in [2.24, 2.45) is 0 Å². The second-order valence-electron chi connectivity index (χ2n) is 5.01. The van der Waals surface area contributed by atoms with Crippen molar-refractivity contribution in [2.75, 3.05) is 19.7 Å². The number of benzene rings is 1. The number of ether oxygens (including phenoxy) is 1. The fourth-order valence-electron chi connectivity index (χ4n) is 2.44. The van der Waals surface area contributed by atoms with E-state index in [0.717, 1.165) is 30.9 Å². The lowest BCUT2D eigenvalue weighted by molar-refractivity contribution is -0.0328. The number of aromatic nitrogens is 1. The Morgan fingerprint density at radius 3 is 3.15 bits per heavy atom. The minimum atomic E-state index is -0.207. The van der Waals surface area contributed by atoms with Gasteiger partial charge in [0.2, 0.25) is 0 Å². The van der Waals surface area contributed by atoms with Crippen molar-refractivity contribution in [3.05, 3.63) is 51.7 Å². The van der Waals surface area contributed by atoms with E-state index < -0.39 is 0 Å². The predicted octanol–water partition coefficient (Wildman–Crippen LogP) is 3.16. The molecule has 0 radical (unpaired) electrons. The van der Waals surface area contributed by atoms with Crippen LogP contribution in [-0.4, -0.2) is 29.6 Å². The molecule has 1 aliphatic rings. The maximum atomic E-state index is 13.3. The Labute approximate surface area is 122 Å². The normalized spacial score (nSPS) is 20.2. The lowest BCUT2D eigenvalue weighted by Crippen LogP contribution is -2.37. The Morgan fingerprint density at radius 1 is 1.50 bits per heavy atom. The van der Waals surface area contributed by atoms with Crippen LogP contribution in [0.25, 0.3) is 0 Å². The molecule has 0 N–H and O–H groups in total. The van der Waals surface area contributed by atoms with E-state index >= 15 is 0 Å². The molecular formula is C15H17FN2OS. The predicted molar refractivity (Wildman–Crippen MR) is 77.2 cm³/mol. The average Bonchev–Trinajstić information content (AvgIpc) is 2.85. The summed E-state index contributed by atoms with van der Waals surface area (Å²) in [7, 11) is 0. The molecule has 1 unspecified atom stereocenters. The smallest absolute Gasteiger partial charge is 0.123 e. The van der Waals surface area contributed by atoms with Crippen LogP contribution in [0.15, 0.2) is 29.8 Å². The first-order valence-corrected chi connectivity index (χ1v) is 7.59. The summed E-state index contributed by atoms with van der Waals surface area (Å²) in [6, 6.07) is 6.69. The van der Waals surface area contributed by atoms with Gasteiger partial charge in [-0.3, -0.25) is 4.90 Å². The molecule has 0 spiro atoms. The number of nitrogens with zero attached hydrogens (tertiary/aromatic N) is 2. The van der Waals surface area contributed by atoms with Gasteiger partial charge in [-0.25, -0.2) is 9.37 Å². The molecule has 5 heteroatoms.